The van der Waals surface area contributed by atoms with Gasteiger partial charge in [0.2, 0.25) is 0 Å². The molecule has 0 saturated carbocycles. The van der Waals surface area contributed by atoms with Crippen molar-refractivity contribution in [2.24, 2.45) is 0 Å². The molecule has 0 aliphatic heterocycles. The number of halogens is 3. The number of hydrogen-bond donors (Lipinski definition) is 0. The second kappa shape index (κ2) is 8.96. The average Bonchev–Trinajstić information content (AvgIpc) is 2.73. The predicted molar refractivity (Wildman–Crippen MR) is 109 cm³/mol. The van der Waals surface area contributed by atoms with Gasteiger partial charge in [0.05, 0.1) is 7.11 Å². The number of benzene rings is 3. The van der Waals surface area contributed by atoms with Crippen molar-refractivity contribution < 1.29 is 17.9 Å². The van der Waals surface area contributed by atoms with Crippen molar-refractivity contribution in [1.82, 2.24) is 0 Å². The zero-order valence-electron chi connectivity index (χ0n) is 16.1. The lowest BCUT2D eigenvalue weighted by Gasteiger charge is -2.08. The molecule has 0 aliphatic carbocycles. The predicted octanol–water partition coefficient (Wildman–Crippen LogP) is 7.49. The Bertz CT molecular complexity index is 991. The second-order valence-corrected chi connectivity index (χ2v) is 6.80. The van der Waals surface area contributed by atoms with Crippen molar-refractivity contribution in [3.8, 4) is 5.75 Å². The Kier molecular flexibility index (Phi) is 6.40. The van der Waals surface area contributed by atoms with Crippen LogP contribution >= 0.6 is 0 Å². The van der Waals surface area contributed by atoms with Gasteiger partial charge in [0.1, 0.15) is 11.6 Å². The lowest BCUT2D eigenvalue weighted by atomic mass is 10.0. The molecule has 1 nitrogen and oxygen atoms in total. The van der Waals surface area contributed by atoms with Gasteiger partial charge in [0, 0.05) is 16.5 Å². The molecule has 0 fully saturated rings. The van der Waals surface area contributed by atoms with E-state index in [0.29, 0.717) is 11.1 Å². The van der Waals surface area contributed by atoms with Crippen molar-refractivity contribution >= 4 is 22.4 Å². The van der Waals surface area contributed by atoms with Gasteiger partial charge in [-0.05, 0) is 48.1 Å². The first-order chi connectivity index (χ1) is 13.5. The van der Waals surface area contributed by atoms with Gasteiger partial charge in [-0.15, -0.1) is 0 Å². The van der Waals surface area contributed by atoms with Gasteiger partial charge >= 0.3 is 0 Å². The zero-order valence-corrected chi connectivity index (χ0v) is 16.1. The van der Waals surface area contributed by atoms with Crippen LogP contribution in [-0.2, 0) is 6.42 Å². The van der Waals surface area contributed by atoms with E-state index < -0.39 is 17.5 Å². The van der Waals surface area contributed by atoms with E-state index in [2.05, 4.69) is 6.92 Å². The summed E-state index contributed by atoms with van der Waals surface area (Å²) in [4.78, 5) is 0. The third-order valence-corrected chi connectivity index (χ3v) is 4.87. The fourth-order valence-electron chi connectivity index (χ4n) is 3.21. The van der Waals surface area contributed by atoms with E-state index in [4.69, 9.17) is 4.74 Å². The van der Waals surface area contributed by atoms with Crippen LogP contribution in [0.2, 0.25) is 0 Å². The molecule has 0 amide bonds. The van der Waals surface area contributed by atoms with Crippen molar-refractivity contribution in [2.75, 3.05) is 7.11 Å². The number of fused-ring (bicyclic) bond motifs is 1. The molecule has 0 bridgehead atoms. The highest BCUT2D eigenvalue weighted by Gasteiger charge is 2.17. The molecule has 28 heavy (non-hydrogen) atoms. The highest BCUT2D eigenvalue weighted by Crippen LogP contribution is 2.34. The minimum Gasteiger partial charge on any atom is -0.497 e. The molecule has 0 spiro atoms. The first kappa shape index (κ1) is 20.0. The smallest absolute Gasteiger partial charge is 0.169 e. The highest BCUT2D eigenvalue weighted by atomic mass is 19.2. The summed E-state index contributed by atoms with van der Waals surface area (Å²) in [5.41, 5.74) is 0.796. The highest BCUT2D eigenvalue weighted by molar-refractivity contribution is 5.91. The average molecular weight is 384 g/mol. The Hall–Kier alpha value is -2.75. The second-order valence-electron chi connectivity index (χ2n) is 6.80. The molecule has 0 N–H and O–H groups in total. The minimum absolute atomic E-state index is 0.103. The maximum Gasteiger partial charge on any atom is 0.169 e. The minimum atomic E-state index is -1.20. The maximum absolute atomic E-state index is 14.8. The molecular weight excluding hydrogens is 361 g/mol. The Labute approximate surface area is 163 Å². The van der Waals surface area contributed by atoms with E-state index in [0.717, 1.165) is 31.2 Å². The van der Waals surface area contributed by atoms with Crippen molar-refractivity contribution in [3.63, 3.8) is 0 Å². The molecule has 0 radical (unpaired) electrons. The van der Waals surface area contributed by atoms with E-state index in [1.165, 1.54) is 19.2 Å². The molecule has 4 heteroatoms. The van der Waals surface area contributed by atoms with Gasteiger partial charge in [0.25, 0.3) is 0 Å². The van der Waals surface area contributed by atoms with Crippen molar-refractivity contribution in [1.29, 1.82) is 0 Å². The van der Waals surface area contributed by atoms with Crippen LogP contribution in [0.3, 0.4) is 0 Å². The van der Waals surface area contributed by atoms with E-state index in [1.54, 1.807) is 42.5 Å². The third-order valence-electron chi connectivity index (χ3n) is 4.87. The largest absolute Gasteiger partial charge is 0.497 e. The summed E-state index contributed by atoms with van der Waals surface area (Å²) in [6.45, 7) is 2.13. The van der Waals surface area contributed by atoms with E-state index >= 15 is 0 Å². The normalized spacial score (nSPS) is 12.2. The van der Waals surface area contributed by atoms with Crippen LogP contribution in [0.25, 0.3) is 22.4 Å². The number of ether oxygens (including phenoxy) is 1. The van der Waals surface area contributed by atoms with E-state index in [-0.39, 0.29) is 16.5 Å². The Morgan fingerprint density at radius 2 is 1.64 bits per heavy atom. The molecule has 146 valence electrons. The molecule has 0 aromatic heterocycles. The molecule has 3 aromatic carbocycles. The molecule has 0 atom stereocenters. The molecule has 0 aliphatic rings. The summed E-state index contributed by atoms with van der Waals surface area (Å²) >= 11 is 0. The number of rotatable bonds is 7. The number of unbranched alkanes of at least 4 members (excludes halogenated alkanes) is 2. The van der Waals surface area contributed by atoms with Crippen LogP contribution in [0, 0.1) is 5.82 Å². The fourth-order valence-corrected chi connectivity index (χ4v) is 3.21. The van der Waals surface area contributed by atoms with Crippen LogP contribution in [-0.4, -0.2) is 7.11 Å². The van der Waals surface area contributed by atoms with Gasteiger partial charge in [0.15, 0.2) is 11.7 Å². The van der Waals surface area contributed by atoms with Crippen LogP contribution in [0.4, 0.5) is 13.2 Å². The van der Waals surface area contributed by atoms with Gasteiger partial charge in [-0.1, -0.05) is 50.1 Å². The number of methoxy groups -OCH3 is 1. The molecule has 0 heterocycles. The van der Waals surface area contributed by atoms with Gasteiger partial charge in [-0.3, -0.25) is 0 Å². The lowest BCUT2D eigenvalue weighted by Crippen LogP contribution is -1.92. The summed E-state index contributed by atoms with van der Waals surface area (Å²) in [6.07, 6.45) is 4.24. The maximum atomic E-state index is 14.8. The summed E-state index contributed by atoms with van der Waals surface area (Å²) in [7, 11) is 1.51. The SMILES string of the molecule is CCCCCc1ccc(C(F)=C(F)c2ccc3cc(OC)ccc3c2F)cc1. The van der Waals surface area contributed by atoms with E-state index in [9.17, 15) is 13.2 Å². The lowest BCUT2D eigenvalue weighted by molar-refractivity contribution is 0.415. The molecule has 0 saturated heterocycles. The van der Waals surface area contributed by atoms with E-state index in [1.807, 2.05) is 0 Å². The first-order valence-corrected chi connectivity index (χ1v) is 9.46. The fraction of sp³-hybridized carbons (Fsp3) is 0.250. The van der Waals surface area contributed by atoms with Crippen LogP contribution in [0.5, 0.6) is 5.75 Å². The molecule has 3 aromatic rings. The third kappa shape index (κ3) is 4.22. The molecular formula is C24H23F3O. The quantitative estimate of drug-likeness (QED) is 0.303. The zero-order chi connectivity index (χ0) is 20.1. The Morgan fingerprint density at radius 3 is 2.32 bits per heavy atom. The van der Waals surface area contributed by atoms with Gasteiger partial charge < -0.3 is 4.74 Å². The topological polar surface area (TPSA) is 9.23 Å². The first-order valence-electron chi connectivity index (χ1n) is 9.46. The Morgan fingerprint density at radius 1 is 0.893 bits per heavy atom. The summed E-state index contributed by atoms with van der Waals surface area (Å²) < 4.78 is 49.3. The van der Waals surface area contributed by atoms with Gasteiger partial charge in [-0.2, -0.15) is 0 Å². The van der Waals surface area contributed by atoms with Crippen molar-refractivity contribution in [2.45, 2.75) is 32.6 Å². The summed E-state index contributed by atoms with van der Waals surface area (Å²) in [5.74, 6) is -2.48. The molecule has 3 rings (SSSR count). The van der Waals surface area contributed by atoms with Crippen molar-refractivity contribution in [3.05, 3.63) is 77.1 Å². The monoisotopic (exact) mass is 384 g/mol. The van der Waals surface area contributed by atoms with Crippen LogP contribution in [0.1, 0.15) is 42.9 Å². The number of aryl methyl sites for hydroxylation is 1. The van der Waals surface area contributed by atoms with Crippen LogP contribution in [0.15, 0.2) is 54.6 Å². The number of hydrogen-bond acceptors (Lipinski definition) is 1. The van der Waals surface area contributed by atoms with Gasteiger partial charge in [-0.25, -0.2) is 13.2 Å². The summed E-state index contributed by atoms with van der Waals surface area (Å²) in [6, 6.07) is 14.2. The molecule has 0 unspecified atom stereocenters. The standard InChI is InChI=1S/C24H23F3O/c1-3-4-5-6-16-7-9-17(10-8-16)22(25)24(27)21-13-11-18-15-19(28-2)12-14-20(18)23(21)26/h7-15H,3-6H2,1-2H3. The Balaban J connectivity index is 1.91. The summed E-state index contributed by atoms with van der Waals surface area (Å²) in [5, 5.41) is 0.776. The van der Waals surface area contributed by atoms with Crippen LogP contribution < -0.4 is 4.74 Å².